The second-order valence-corrected chi connectivity index (χ2v) is 6.75. The molecule has 1 fully saturated rings. The van der Waals surface area contributed by atoms with Crippen LogP contribution in [-0.4, -0.2) is 64.2 Å². The molecule has 1 saturated heterocycles. The fourth-order valence-electron chi connectivity index (χ4n) is 2.40. The van der Waals surface area contributed by atoms with E-state index in [4.69, 9.17) is 4.74 Å². The summed E-state index contributed by atoms with van der Waals surface area (Å²) in [5, 5.41) is 0. The van der Waals surface area contributed by atoms with Gasteiger partial charge in [-0.05, 0) is 20.8 Å². The highest BCUT2D eigenvalue weighted by Gasteiger charge is 2.38. The van der Waals surface area contributed by atoms with Crippen molar-refractivity contribution in [3.8, 4) is 0 Å². The molecule has 17 heavy (non-hydrogen) atoms. The van der Waals surface area contributed by atoms with Gasteiger partial charge in [-0.15, -0.1) is 0 Å². The number of esters is 1. The van der Waals surface area contributed by atoms with Crippen molar-refractivity contribution in [2.24, 2.45) is 5.92 Å². The van der Waals surface area contributed by atoms with Crippen LogP contribution < -0.4 is 0 Å². The van der Waals surface area contributed by atoms with Crippen LogP contribution in [-0.2, 0) is 9.53 Å². The third-order valence-electron chi connectivity index (χ3n) is 4.39. The first-order valence-corrected chi connectivity index (χ1v) is 7.23. The number of hydrogen-bond donors (Lipinski definition) is 0. The van der Waals surface area contributed by atoms with E-state index in [0.717, 1.165) is 30.0 Å². The van der Waals surface area contributed by atoms with Gasteiger partial charge in [0.05, 0.1) is 23.4 Å². The third-order valence-corrected chi connectivity index (χ3v) is 5.99. The fraction of sp³-hybridized carbons (Fsp3) is 0.917. The number of carbonyl (C=O) groups excluding carboxylic acids is 1. The summed E-state index contributed by atoms with van der Waals surface area (Å²) in [6.45, 7) is 11.7. The van der Waals surface area contributed by atoms with Crippen molar-refractivity contribution in [1.29, 1.82) is 0 Å². The van der Waals surface area contributed by atoms with Gasteiger partial charge in [-0.1, -0.05) is 6.92 Å². The molecule has 0 aliphatic carbocycles. The number of methoxy groups -OCH3 is 1. The zero-order valence-corrected chi connectivity index (χ0v) is 14.0. The molecular weight excluding hydrogens is 232 g/mol. The molecule has 1 aliphatic heterocycles. The van der Waals surface area contributed by atoms with Crippen molar-refractivity contribution in [3.05, 3.63) is 0 Å². The van der Waals surface area contributed by atoms with E-state index in [1.54, 1.807) is 0 Å². The Balaban J connectivity index is 2.64. The lowest BCUT2D eigenvalue weighted by molar-refractivity contribution is -0.146. The molecule has 0 radical (unpaired) electrons. The van der Waals surface area contributed by atoms with Gasteiger partial charge in [-0.2, -0.15) is 0 Å². The largest absolute Gasteiger partial charge is 0.469 e. The number of ether oxygens (including phenoxy) is 1. The summed E-state index contributed by atoms with van der Waals surface area (Å²) in [5.41, 5.74) is 0.209. The molecule has 0 aromatic carbocycles. The van der Waals surface area contributed by atoms with Crippen LogP contribution in [0.4, 0.5) is 0 Å². The van der Waals surface area contributed by atoms with Gasteiger partial charge in [0.2, 0.25) is 0 Å². The number of nitrogens with zero attached hydrogens (tertiary/aromatic N) is 2. The summed E-state index contributed by atoms with van der Waals surface area (Å²) in [6, 6.07) is 0.473. The summed E-state index contributed by atoms with van der Waals surface area (Å²) in [5.74, 6) is -0.151. The monoisotopic (exact) mass is 258 g/mol. The Morgan fingerprint density at radius 2 is 2.12 bits per heavy atom. The van der Waals surface area contributed by atoms with Crippen LogP contribution in [0.15, 0.2) is 0 Å². The van der Waals surface area contributed by atoms with E-state index in [1.165, 1.54) is 7.11 Å². The molecule has 0 amide bonds. The number of hydrogen-bond acceptors (Lipinski definition) is 4. The van der Waals surface area contributed by atoms with Crippen LogP contribution in [0.25, 0.3) is 0 Å². The number of rotatable bonds is 3. The highest BCUT2D eigenvalue weighted by atomic mass is 28.2. The van der Waals surface area contributed by atoms with E-state index in [0.29, 0.717) is 6.04 Å². The molecule has 0 saturated carbocycles. The molecule has 0 bridgehead atoms. The SMILES string of the molecule is COC(=O)C(C)CN1CCN([SiH3])C(C)(C)C1C. The minimum Gasteiger partial charge on any atom is -0.469 e. The van der Waals surface area contributed by atoms with E-state index in [2.05, 4.69) is 30.2 Å². The van der Waals surface area contributed by atoms with Gasteiger partial charge in [0.15, 0.2) is 0 Å². The Morgan fingerprint density at radius 1 is 1.53 bits per heavy atom. The molecule has 1 heterocycles. The molecule has 0 N–H and O–H groups in total. The maximum absolute atomic E-state index is 11.5. The Morgan fingerprint density at radius 3 is 2.65 bits per heavy atom. The van der Waals surface area contributed by atoms with Crippen molar-refractivity contribution in [1.82, 2.24) is 9.47 Å². The molecule has 2 unspecified atom stereocenters. The van der Waals surface area contributed by atoms with E-state index in [-0.39, 0.29) is 17.4 Å². The Hall–Kier alpha value is -0.393. The van der Waals surface area contributed by atoms with Crippen LogP contribution >= 0.6 is 0 Å². The third kappa shape index (κ3) is 3.08. The lowest BCUT2D eigenvalue weighted by Crippen LogP contribution is -2.64. The van der Waals surface area contributed by atoms with E-state index in [9.17, 15) is 4.79 Å². The summed E-state index contributed by atoms with van der Waals surface area (Å²) in [4.78, 5) is 13.9. The van der Waals surface area contributed by atoms with Gasteiger partial charge >= 0.3 is 5.97 Å². The van der Waals surface area contributed by atoms with Gasteiger partial charge in [0, 0.05) is 31.2 Å². The molecular formula is C12H26N2O2Si. The zero-order valence-electron chi connectivity index (χ0n) is 12.0. The highest BCUT2D eigenvalue weighted by Crippen LogP contribution is 2.26. The molecule has 0 aromatic rings. The summed E-state index contributed by atoms with van der Waals surface area (Å²) in [7, 11) is 2.56. The molecule has 4 nitrogen and oxygen atoms in total. The predicted molar refractivity (Wildman–Crippen MR) is 72.9 cm³/mol. The average molecular weight is 258 g/mol. The van der Waals surface area contributed by atoms with Crippen LogP contribution in [0.2, 0.25) is 0 Å². The standard InChI is InChI=1S/C12H26N2O2Si/c1-9(11(15)16-5)8-13-6-7-14(17)12(3,4)10(13)2/h9-10H,6-8H2,1-5,17H3. The maximum Gasteiger partial charge on any atom is 0.309 e. The van der Waals surface area contributed by atoms with Gasteiger partial charge in [-0.25, -0.2) is 0 Å². The van der Waals surface area contributed by atoms with Crippen molar-refractivity contribution < 1.29 is 9.53 Å². The predicted octanol–water partition coefficient (Wildman–Crippen LogP) is -0.139. The molecule has 1 aliphatic rings. The van der Waals surface area contributed by atoms with Gasteiger partial charge in [0.25, 0.3) is 0 Å². The van der Waals surface area contributed by atoms with Crippen molar-refractivity contribution >= 4 is 16.4 Å². The molecule has 0 aromatic heterocycles. The Labute approximate surface area is 108 Å². The number of carbonyl (C=O) groups is 1. The smallest absolute Gasteiger partial charge is 0.309 e. The van der Waals surface area contributed by atoms with E-state index in [1.807, 2.05) is 6.92 Å². The van der Waals surface area contributed by atoms with Crippen molar-refractivity contribution in [3.63, 3.8) is 0 Å². The maximum atomic E-state index is 11.5. The zero-order chi connectivity index (χ0) is 13.2. The molecule has 2 atom stereocenters. The highest BCUT2D eigenvalue weighted by molar-refractivity contribution is 6.05. The minimum absolute atomic E-state index is 0.0427. The first-order valence-electron chi connectivity index (χ1n) is 6.33. The van der Waals surface area contributed by atoms with E-state index >= 15 is 0 Å². The molecule has 0 spiro atoms. The first kappa shape index (κ1) is 14.7. The topological polar surface area (TPSA) is 32.8 Å². The Bertz CT molecular complexity index is 284. The molecule has 100 valence electrons. The first-order chi connectivity index (χ1) is 7.80. The molecule has 5 heteroatoms. The normalized spacial score (nSPS) is 27.9. The van der Waals surface area contributed by atoms with Gasteiger partial charge in [-0.3, -0.25) is 9.69 Å². The minimum atomic E-state index is -0.108. The second-order valence-electron chi connectivity index (χ2n) is 5.67. The van der Waals surface area contributed by atoms with Crippen molar-refractivity contribution in [2.75, 3.05) is 26.7 Å². The van der Waals surface area contributed by atoms with Crippen molar-refractivity contribution in [2.45, 2.75) is 39.3 Å². The van der Waals surface area contributed by atoms with E-state index < -0.39 is 0 Å². The molecule has 1 rings (SSSR count). The number of piperazine rings is 1. The average Bonchev–Trinajstić information content (AvgIpc) is 2.29. The van der Waals surface area contributed by atoms with Crippen LogP contribution in [0.1, 0.15) is 27.7 Å². The lowest BCUT2D eigenvalue weighted by atomic mass is 9.91. The fourth-order valence-corrected chi connectivity index (χ4v) is 2.98. The lowest BCUT2D eigenvalue weighted by Gasteiger charge is -2.51. The summed E-state index contributed by atoms with van der Waals surface area (Å²) < 4.78 is 7.32. The van der Waals surface area contributed by atoms with Crippen LogP contribution in [0, 0.1) is 5.92 Å². The quantitative estimate of drug-likeness (QED) is 0.521. The summed E-state index contributed by atoms with van der Waals surface area (Å²) in [6.07, 6.45) is 0. The Kier molecular flexibility index (Phi) is 4.74. The van der Waals surface area contributed by atoms with Gasteiger partial charge < -0.3 is 9.30 Å². The second kappa shape index (κ2) is 5.50. The summed E-state index contributed by atoms with van der Waals surface area (Å²) >= 11 is 0. The van der Waals surface area contributed by atoms with Crippen LogP contribution in [0.3, 0.4) is 0 Å². The van der Waals surface area contributed by atoms with Crippen LogP contribution in [0.5, 0.6) is 0 Å². The van der Waals surface area contributed by atoms with Gasteiger partial charge in [0.1, 0.15) is 0 Å².